The first kappa shape index (κ1) is 20.6. The molecule has 0 rings (SSSR count). The first-order valence-corrected chi connectivity index (χ1v) is 11.3. The van der Waals surface area contributed by atoms with Gasteiger partial charge in [0.25, 0.3) is 3.94 Å². The maximum Gasteiger partial charge on any atom is 0.320 e. The maximum atomic E-state index is 11.5. The van der Waals surface area contributed by atoms with Crippen LogP contribution in [0.2, 0.25) is 0 Å². The SMILES string of the molecule is CCCCSC(NCC(=O)OCC)([PH+]=S)SCCCC. The summed E-state index contributed by atoms with van der Waals surface area (Å²) < 4.78 is 4.78. The molecule has 0 saturated heterocycles. The molecule has 0 aromatic heterocycles. The van der Waals surface area contributed by atoms with Gasteiger partial charge in [0.2, 0.25) is 7.36 Å². The molecule has 20 heavy (non-hydrogen) atoms. The summed E-state index contributed by atoms with van der Waals surface area (Å²) in [4.78, 5) is 11.5. The molecule has 0 aliphatic heterocycles. The van der Waals surface area contributed by atoms with Crippen molar-refractivity contribution in [3.8, 4) is 0 Å². The Kier molecular flexibility index (Phi) is 13.8. The van der Waals surface area contributed by atoms with Crippen LogP contribution in [0.3, 0.4) is 0 Å². The summed E-state index contributed by atoms with van der Waals surface area (Å²) in [5.41, 5.74) is 0. The predicted octanol–water partition coefficient (Wildman–Crippen LogP) is 3.96. The van der Waals surface area contributed by atoms with Gasteiger partial charge in [-0.3, -0.25) is 4.79 Å². The zero-order valence-electron chi connectivity index (χ0n) is 12.7. The Morgan fingerprint density at radius 3 is 2.15 bits per heavy atom. The van der Waals surface area contributed by atoms with E-state index >= 15 is 0 Å². The summed E-state index contributed by atoms with van der Waals surface area (Å²) in [6.07, 6.45) is 4.73. The van der Waals surface area contributed by atoms with Gasteiger partial charge in [0.1, 0.15) is 0 Å². The second-order valence-corrected chi connectivity index (χ2v) is 9.45. The number of carbonyl (C=O) groups excluding carboxylic acids is 1. The Balaban J connectivity index is 4.46. The lowest BCUT2D eigenvalue weighted by molar-refractivity contribution is -0.141. The highest BCUT2D eigenvalue weighted by molar-refractivity contribution is 8.27. The van der Waals surface area contributed by atoms with Crippen molar-refractivity contribution in [2.45, 2.75) is 50.4 Å². The molecule has 0 fully saturated rings. The van der Waals surface area contributed by atoms with Gasteiger partial charge >= 0.3 is 5.97 Å². The second-order valence-electron chi connectivity index (χ2n) is 4.28. The zero-order chi connectivity index (χ0) is 15.3. The summed E-state index contributed by atoms with van der Waals surface area (Å²) in [6, 6.07) is 0. The molecule has 118 valence electrons. The molecule has 1 atom stereocenters. The van der Waals surface area contributed by atoms with Crippen molar-refractivity contribution in [3.63, 3.8) is 0 Å². The number of hydrogen-bond donors (Lipinski definition) is 1. The van der Waals surface area contributed by atoms with E-state index in [9.17, 15) is 4.79 Å². The highest BCUT2D eigenvalue weighted by Gasteiger charge is 2.37. The van der Waals surface area contributed by atoms with E-state index in [1.54, 1.807) is 0 Å². The van der Waals surface area contributed by atoms with Crippen molar-refractivity contribution in [2.24, 2.45) is 0 Å². The average molecular weight is 357 g/mol. The predicted molar refractivity (Wildman–Crippen MR) is 97.8 cm³/mol. The molecule has 1 unspecified atom stereocenters. The van der Waals surface area contributed by atoms with Gasteiger partial charge in [-0.1, -0.05) is 50.2 Å². The Labute approximate surface area is 138 Å². The quantitative estimate of drug-likeness (QED) is 0.233. The van der Waals surface area contributed by atoms with Crippen LogP contribution >= 0.6 is 30.9 Å². The molecule has 1 N–H and O–H groups in total. The summed E-state index contributed by atoms with van der Waals surface area (Å²) in [7, 11) is 0.334. The monoisotopic (exact) mass is 356 g/mol. The topological polar surface area (TPSA) is 38.3 Å². The highest BCUT2D eigenvalue weighted by atomic mass is 32.4. The molecule has 0 radical (unpaired) electrons. The number of rotatable bonds is 13. The van der Waals surface area contributed by atoms with Gasteiger partial charge in [-0.05, 0) is 19.8 Å². The van der Waals surface area contributed by atoms with Gasteiger partial charge in [-0.15, -0.1) is 0 Å². The largest absolute Gasteiger partial charge is 0.465 e. The zero-order valence-corrected chi connectivity index (χ0v) is 16.1. The molecule has 0 aromatic rings. The fourth-order valence-corrected chi connectivity index (χ4v) is 6.50. The molecule has 7 heteroatoms. The van der Waals surface area contributed by atoms with Crippen LogP contribution in [-0.2, 0) is 21.3 Å². The van der Waals surface area contributed by atoms with Crippen LogP contribution in [0.4, 0.5) is 0 Å². The highest BCUT2D eigenvalue weighted by Crippen LogP contribution is 2.44. The van der Waals surface area contributed by atoms with E-state index in [-0.39, 0.29) is 16.5 Å². The third-order valence-electron chi connectivity index (χ3n) is 2.51. The molecular formula is C13H27NO2PS3+. The molecule has 0 spiro atoms. The van der Waals surface area contributed by atoms with E-state index in [0.717, 1.165) is 11.5 Å². The Morgan fingerprint density at radius 1 is 1.20 bits per heavy atom. The number of unbranched alkanes of at least 4 members (excludes halogenated alkanes) is 2. The van der Waals surface area contributed by atoms with Crippen molar-refractivity contribution in [3.05, 3.63) is 0 Å². The molecule has 0 aromatic carbocycles. The standard InChI is InChI=1S/C13H26NO2PS3/c1-4-7-9-19-13(17-18,20-10-8-5-2)14-11-12(15)16-6-3/h14H,4-11H2,1-3H3/p+1. The fraction of sp³-hybridized carbons (Fsp3) is 0.923. The molecule has 0 aliphatic rings. The fourth-order valence-electron chi connectivity index (χ4n) is 1.36. The third kappa shape index (κ3) is 9.56. The lowest BCUT2D eigenvalue weighted by Gasteiger charge is -2.22. The van der Waals surface area contributed by atoms with E-state index in [2.05, 4.69) is 19.2 Å². The minimum atomic E-state index is -0.202. The molecule has 0 aliphatic carbocycles. The van der Waals surface area contributed by atoms with Crippen molar-refractivity contribution in [1.29, 1.82) is 0 Å². The summed E-state index contributed by atoms with van der Waals surface area (Å²) in [6.45, 7) is 6.88. The molecule has 0 saturated carbocycles. The number of nitrogens with one attached hydrogen (secondary N) is 1. The van der Waals surface area contributed by atoms with Gasteiger partial charge < -0.3 is 4.74 Å². The van der Waals surface area contributed by atoms with Crippen molar-refractivity contribution in [2.75, 3.05) is 24.7 Å². The van der Waals surface area contributed by atoms with E-state index in [1.807, 2.05) is 30.4 Å². The number of thioether (sulfide) groups is 2. The number of hydrogen-bond acceptors (Lipinski definition) is 6. The van der Waals surface area contributed by atoms with E-state index < -0.39 is 0 Å². The van der Waals surface area contributed by atoms with Gasteiger partial charge in [0.05, 0.1) is 13.2 Å². The number of ether oxygens (including phenoxy) is 1. The van der Waals surface area contributed by atoms with Crippen molar-refractivity contribution < 1.29 is 9.53 Å². The van der Waals surface area contributed by atoms with Gasteiger partial charge in [-0.2, -0.15) is 0 Å². The molecule has 0 amide bonds. The third-order valence-corrected chi connectivity index (χ3v) is 8.92. The van der Waals surface area contributed by atoms with Crippen LogP contribution in [0.15, 0.2) is 0 Å². The Hall–Kier alpha value is 0.650. The first-order valence-electron chi connectivity index (χ1n) is 7.22. The van der Waals surface area contributed by atoms with Crippen LogP contribution in [0.25, 0.3) is 0 Å². The van der Waals surface area contributed by atoms with E-state index in [0.29, 0.717) is 14.0 Å². The van der Waals surface area contributed by atoms with Crippen LogP contribution in [0.1, 0.15) is 46.5 Å². The van der Waals surface area contributed by atoms with Gasteiger partial charge in [-0.25, -0.2) is 5.32 Å². The first-order chi connectivity index (χ1) is 9.64. The van der Waals surface area contributed by atoms with E-state index in [1.165, 1.54) is 25.7 Å². The minimum absolute atomic E-state index is 0.197. The Bertz CT molecular complexity index is 270. The summed E-state index contributed by atoms with van der Waals surface area (Å²) in [5.74, 6) is 1.96. The lowest BCUT2D eigenvalue weighted by atomic mass is 10.4. The maximum absolute atomic E-state index is 11.5. The molecule has 0 heterocycles. The average Bonchev–Trinajstić information content (AvgIpc) is 2.45. The van der Waals surface area contributed by atoms with Gasteiger partial charge in [0, 0.05) is 11.5 Å². The van der Waals surface area contributed by atoms with Crippen LogP contribution in [-0.4, -0.2) is 34.6 Å². The molecule has 0 bridgehead atoms. The summed E-state index contributed by atoms with van der Waals surface area (Å²) in [5, 5.41) is 3.34. The number of carbonyl (C=O) groups is 1. The van der Waals surface area contributed by atoms with Crippen LogP contribution in [0, 0.1) is 0 Å². The second kappa shape index (κ2) is 13.3. The molecule has 3 nitrogen and oxygen atoms in total. The van der Waals surface area contributed by atoms with E-state index in [4.69, 9.17) is 16.5 Å². The van der Waals surface area contributed by atoms with Crippen molar-refractivity contribution >= 4 is 48.7 Å². The van der Waals surface area contributed by atoms with Crippen molar-refractivity contribution in [1.82, 2.24) is 5.32 Å². The number of esters is 1. The van der Waals surface area contributed by atoms with Gasteiger partial charge in [0.15, 0.2) is 11.8 Å². The lowest BCUT2D eigenvalue weighted by Crippen LogP contribution is -2.38. The minimum Gasteiger partial charge on any atom is -0.465 e. The normalized spacial score (nSPS) is 11.8. The Morgan fingerprint density at radius 2 is 1.75 bits per heavy atom. The smallest absolute Gasteiger partial charge is 0.320 e. The van der Waals surface area contributed by atoms with Crippen LogP contribution in [0.5, 0.6) is 0 Å². The molecular weight excluding hydrogens is 329 g/mol. The van der Waals surface area contributed by atoms with Crippen LogP contribution < -0.4 is 5.32 Å². The summed E-state index contributed by atoms with van der Waals surface area (Å²) >= 11 is 9.09.